The normalized spacial score (nSPS) is 17.1. The van der Waals surface area contributed by atoms with E-state index in [0.29, 0.717) is 52.4 Å². The van der Waals surface area contributed by atoms with E-state index in [1.54, 1.807) is 0 Å². The summed E-state index contributed by atoms with van der Waals surface area (Å²) in [4.78, 5) is 62.7. The molecule has 0 radical (unpaired) electrons. The molecule has 320 valence electrons. The molecule has 60 heavy (non-hydrogen) atoms. The van der Waals surface area contributed by atoms with Crippen LogP contribution < -0.4 is 21.3 Å². The lowest BCUT2D eigenvalue weighted by Crippen LogP contribution is -2.51. The van der Waals surface area contributed by atoms with Crippen LogP contribution in [0.1, 0.15) is 74.1 Å². The lowest BCUT2D eigenvalue weighted by molar-refractivity contribution is -0.125. The number of hydrogen-bond acceptors (Lipinski definition) is 8. The van der Waals surface area contributed by atoms with Crippen LogP contribution in [0, 0.1) is 0 Å². The molecule has 4 atom stereocenters. The Labute approximate surface area is 356 Å². The Morgan fingerprint density at radius 2 is 0.517 bits per heavy atom. The van der Waals surface area contributed by atoms with Gasteiger partial charge >= 0.3 is 0 Å². The van der Waals surface area contributed by atoms with E-state index >= 15 is 0 Å². The summed E-state index contributed by atoms with van der Waals surface area (Å²) in [6.07, 6.45) is 0. The van der Waals surface area contributed by atoms with E-state index < -0.39 is 0 Å². The molecule has 1 fully saturated rings. The lowest BCUT2D eigenvalue weighted by atomic mass is 10.1. The van der Waals surface area contributed by atoms with Gasteiger partial charge in [-0.15, -0.1) is 0 Å². The summed E-state index contributed by atoms with van der Waals surface area (Å²) in [6.45, 7) is 12.8. The molecule has 4 aromatic rings. The van der Waals surface area contributed by atoms with Crippen molar-refractivity contribution in [1.29, 1.82) is 0 Å². The van der Waals surface area contributed by atoms with Crippen LogP contribution in [-0.4, -0.2) is 122 Å². The zero-order chi connectivity index (χ0) is 42.7. The Morgan fingerprint density at radius 1 is 0.350 bits per heavy atom. The van der Waals surface area contributed by atoms with Gasteiger partial charge in [-0.05, 0) is 49.9 Å². The van der Waals surface area contributed by atoms with Crippen molar-refractivity contribution in [2.24, 2.45) is 0 Å². The summed E-state index contributed by atoms with van der Waals surface area (Å²) in [5.74, 6) is -0.380. The fourth-order valence-electron chi connectivity index (χ4n) is 7.47. The second kappa shape index (κ2) is 24.0. The molecule has 4 aromatic carbocycles. The van der Waals surface area contributed by atoms with Crippen molar-refractivity contribution in [1.82, 2.24) is 40.9 Å². The van der Waals surface area contributed by atoms with Gasteiger partial charge in [-0.2, -0.15) is 0 Å². The first-order valence-electron chi connectivity index (χ1n) is 21.3. The maximum atomic E-state index is 13.6. The smallest absolute Gasteiger partial charge is 0.234 e. The van der Waals surface area contributed by atoms with Crippen molar-refractivity contribution < 1.29 is 19.2 Å². The van der Waals surface area contributed by atoms with Crippen LogP contribution in [0.2, 0.25) is 0 Å². The monoisotopic (exact) mass is 817 g/mol. The number of benzene rings is 4. The van der Waals surface area contributed by atoms with Crippen molar-refractivity contribution in [3.05, 3.63) is 144 Å². The summed E-state index contributed by atoms with van der Waals surface area (Å²) in [5.41, 5.74) is 4.10. The molecule has 5 rings (SSSR count). The molecule has 4 N–H and O–H groups in total. The van der Waals surface area contributed by atoms with Gasteiger partial charge in [0.25, 0.3) is 0 Å². The minimum Gasteiger partial charge on any atom is -0.348 e. The number of nitrogens with zero attached hydrogens (tertiary/aromatic N) is 4. The number of rotatable bonds is 16. The summed E-state index contributed by atoms with van der Waals surface area (Å²) >= 11 is 0. The Hall–Kier alpha value is -5.40. The summed E-state index contributed by atoms with van der Waals surface area (Å²) < 4.78 is 0. The van der Waals surface area contributed by atoms with Crippen LogP contribution >= 0.6 is 0 Å². The molecule has 1 heterocycles. The molecule has 1 aliphatic heterocycles. The summed E-state index contributed by atoms with van der Waals surface area (Å²) in [7, 11) is 0. The van der Waals surface area contributed by atoms with Gasteiger partial charge in [0.05, 0.1) is 50.3 Å². The standard InChI is InChI=1S/C48H64N8O4/c1-37(41-17-9-5-10-18-41)49-45(57)33-53-25-27-54(34-46(58)50-38(2)42-19-11-6-12-20-42)29-31-56(36-48(60)52-40(4)44-23-15-8-16-24-44)32-30-55(28-26-53)35-47(59)51-39(3)43-21-13-7-14-22-43/h5-24,37-40H,25-36H2,1-4H3,(H,49,57)(H,50,58)(H,51,59)(H,52,60)/t37-,38-,39-,40-/m1/s1. The predicted octanol–water partition coefficient (Wildman–Crippen LogP) is 4.72. The van der Waals surface area contributed by atoms with Crippen LogP contribution in [0.25, 0.3) is 0 Å². The van der Waals surface area contributed by atoms with E-state index in [0.717, 1.165) is 22.3 Å². The molecule has 0 spiro atoms. The fraction of sp³-hybridized carbons (Fsp3) is 0.417. The highest BCUT2D eigenvalue weighted by molar-refractivity contribution is 5.80. The van der Waals surface area contributed by atoms with Crippen molar-refractivity contribution in [3.63, 3.8) is 0 Å². The van der Waals surface area contributed by atoms with E-state index in [1.165, 1.54) is 0 Å². The van der Waals surface area contributed by atoms with Gasteiger partial charge < -0.3 is 21.3 Å². The summed E-state index contributed by atoms with van der Waals surface area (Å²) in [6, 6.07) is 38.9. The molecule has 12 nitrogen and oxygen atoms in total. The van der Waals surface area contributed by atoms with Gasteiger partial charge in [-0.3, -0.25) is 38.8 Å². The molecule has 0 aromatic heterocycles. The SMILES string of the molecule is C[C@@H](NC(=O)CN1CCN(CC(=O)N[C@H](C)c2ccccc2)CCN(CC(=O)N[C@H](C)c2ccccc2)CCN(CC(=O)N[C@H](C)c2ccccc2)CC1)c1ccccc1. The topological polar surface area (TPSA) is 129 Å². The molecule has 0 saturated carbocycles. The highest BCUT2D eigenvalue weighted by Crippen LogP contribution is 2.15. The van der Waals surface area contributed by atoms with E-state index in [1.807, 2.05) is 149 Å². The largest absolute Gasteiger partial charge is 0.348 e. The third-order valence-corrected chi connectivity index (χ3v) is 11.1. The molecular weight excluding hydrogens is 753 g/mol. The van der Waals surface area contributed by atoms with Gasteiger partial charge in [-0.25, -0.2) is 0 Å². The van der Waals surface area contributed by atoms with Crippen molar-refractivity contribution in [3.8, 4) is 0 Å². The fourth-order valence-corrected chi connectivity index (χ4v) is 7.47. The molecule has 4 amide bonds. The number of nitrogens with one attached hydrogen (secondary N) is 4. The van der Waals surface area contributed by atoms with Gasteiger partial charge in [0.1, 0.15) is 0 Å². The Bertz CT molecular complexity index is 1610. The van der Waals surface area contributed by atoms with Crippen molar-refractivity contribution in [2.75, 3.05) is 78.5 Å². The molecule has 0 bridgehead atoms. The average Bonchev–Trinajstić information content (AvgIpc) is 3.25. The second-order valence-corrected chi connectivity index (χ2v) is 15.9. The Balaban J connectivity index is 1.32. The zero-order valence-electron chi connectivity index (χ0n) is 35.8. The number of hydrogen-bond donors (Lipinski definition) is 4. The van der Waals surface area contributed by atoms with Crippen molar-refractivity contribution >= 4 is 23.6 Å². The van der Waals surface area contributed by atoms with Crippen LogP contribution in [0.5, 0.6) is 0 Å². The van der Waals surface area contributed by atoms with Gasteiger partial charge in [0.2, 0.25) is 23.6 Å². The molecular formula is C48H64N8O4. The van der Waals surface area contributed by atoms with Crippen molar-refractivity contribution in [2.45, 2.75) is 51.9 Å². The Kier molecular flexibility index (Phi) is 18.3. The minimum absolute atomic E-state index is 0.0951. The van der Waals surface area contributed by atoms with E-state index in [2.05, 4.69) is 40.9 Å². The van der Waals surface area contributed by atoms with E-state index in [4.69, 9.17) is 0 Å². The molecule has 1 saturated heterocycles. The maximum Gasteiger partial charge on any atom is 0.234 e. The van der Waals surface area contributed by atoms with Gasteiger partial charge in [0.15, 0.2) is 0 Å². The third-order valence-electron chi connectivity index (χ3n) is 11.1. The van der Waals surface area contributed by atoms with E-state index in [9.17, 15) is 19.2 Å². The first-order chi connectivity index (χ1) is 29.0. The Morgan fingerprint density at radius 3 is 0.683 bits per heavy atom. The van der Waals surface area contributed by atoms with E-state index in [-0.39, 0.29) is 74.0 Å². The predicted molar refractivity (Wildman–Crippen MR) is 238 cm³/mol. The van der Waals surface area contributed by atoms with Crippen LogP contribution in [0.4, 0.5) is 0 Å². The van der Waals surface area contributed by atoms with Crippen LogP contribution in [0.3, 0.4) is 0 Å². The lowest BCUT2D eigenvalue weighted by Gasteiger charge is -2.34. The molecule has 1 aliphatic rings. The minimum atomic E-state index is -0.163. The zero-order valence-corrected chi connectivity index (χ0v) is 35.8. The first-order valence-corrected chi connectivity index (χ1v) is 21.3. The highest BCUT2D eigenvalue weighted by atomic mass is 16.2. The third kappa shape index (κ3) is 15.6. The van der Waals surface area contributed by atoms with Crippen LogP contribution in [0.15, 0.2) is 121 Å². The quantitative estimate of drug-likeness (QED) is 0.128. The van der Waals surface area contributed by atoms with Gasteiger partial charge in [0, 0.05) is 52.4 Å². The maximum absolute atomic E-state index is 13.6. The summed E-state index contributed by atoms with van der Waals surface area (Å²) in [5, 5.41) is 12.6. The number of amides is 4. The number of carbonyl (C=O) groups is 4. The van der Waals surface area contributed by atoms with Crippen LogP contribution in [-0.2, 0) is 19.2 Å². The number of carbonyl (C=O) groups excluding carboxylic acids is 4. The molecule has 12 heteroatoms. The highest BCUT2D eigenvalue weighted by Gasteiger charge is 2.24. The second-order valence-electron chi connectivity index (χ2n) is 15.9. The van der Waals surface area contributed by atoms with Gasteiger partial charge in [-0.1, -0.05) is 121 Å². The molecule has 0 unspecified atom stereocenters. The molecule has 0 aliphatic carbocycles. The first kappa shape index (κ1) is 45.7. The average molecular weight is 817 g/mol.